The average molecular weight is 331 g/mol. The fraction of sp³-hybridized carbons (Fsp3) is 0.143. The van der Waals surface area contributed by atoms with Crippen molar-refractivity contribution in [3.63, 3.8) is 0 Å². The van der Waals surface area contributed by atoms with E-state index in [1.165, 1.54) is 23.1 Å². The van der Waals surface area contributed by atoms with Crippen LogP contribution in [0.15, 0.2) is 23.4 Å². The van der Waals surface area contributed by atoms with Gasteiger partial charge in [-0.1, -0.05) is 17.8 Å². The Kier molecular flexibility index (Phi) is 3.71. The Hall–Kier alpha value is -2.19. The number of primary amides is 1. The van der Waals surface area contributed by atoms with Crippen molar-refractivity contribution in [3.8, 4) is 11.4 Å². The van der Waals surface area contributed by atoms with E-state index in [1.807, 2.05) is 31.4 Å². The zero-order chi connectivity index (χ0) is 15.9. The Morgan fingerprint density at radius 3 is 2.68 bits per heavy atom. The highest BCUT2D eigenvalue weighted by Gasteiger charge is 2.21. The largest absolute Gasteiger partial charge is 0.397 e. The molecule has 0 saturated carbocycles. The maximum absolute atomic E-state index is 11.5. The van der Waals surface area contributed by atoms with E-state index < -0.39 is 5.91 Å². The minimum Gasteiger partial charge on any atom is -0.397 e. The third kappa shape index (κ3) is 2.40. The molecule has 0 bridgehead atoms. The minimum atomic E-state index is -0.561. The first kappa shape index (κ1) is 14.7. The summed E-state index contributed by atoms with van der Waals surface area (Å²) in [7, 11) is 0. The zero-order valence-corrected chi connectivity index (χ0v) is 13.6. The molecule has 3 aromatic heterocycles. The van der Waals surface area contributed by atoms with Crippen LogP contribution in [0.4, 0.5) is 5.69 Å². The van der Waals surface area contributed by atoms with E-state index in [9.17, 15) is 4.79 Å². The predicted octanol–water partition coefficient (Wildman–Crippen LogP) is 2.46. The highest BCUT2D eigenvalue weighted by atomic mass is 32.2. The van der Waals surface area contributed by atoms with Crippen LogP contribution >= 0.6 is 23.1 Å². The van der Waals surface area contributed by atoms with Gasteiger partial charge in [0, 0.05) is 5.69 Å². The monoisotopic (exact) mass is 331 g/mol. The van der Waals surface area contributed by atoms with Crippen molar-refractivity contribution >= 4 is 44.9 Å². The van der Waals surface area contributed by atoms with Gasteiger partial charge in [-0.15, -0.1) is 11.3 Å². The molecule has 0 aliphatic rings. The van der Waals surface area contributed by atoms with Crippen LogP contribution in [-0.4, -0.2) is 27.1 Å². The lowest BCUT2D eigenvalue weighted by Gasteiger charge is -2.06. The molecule has 8 heteroatoms. The van der Waals surface area contributed by atoms with Gasteiger partial charge in [0.25, 0.3) is 5.91 Å². The van der Waals surface area contributed by atoms with Crippen molar-refractivity contribution in [2.75, 3.05) is 12.0 Å². The van der Waals surface area contributed by atoms with Crippen LogP contribution < -0.4 is 11.5 Å². The number of aromatic nitrogens is 3. The average Bonchev–Trinajstić information content (AvgIpc) is 2.83. The number of nitrogen functional groups attached to an aromatic ring is 1. The number of thioether (sulfide) groups is 1. The van der Waals surface area contributed by atoms with Crippen LogP contribution in [0.3, 0.4) is 0 Å². The van der Waals surface area contributed by atoms with E-state index >= 15 is 0 Å². The van der Waals surface area contributed by atoms with Crippen molar-refractivity contribution in [1.29, 1.82) is 0 Å². The molecule has 0 spiro atoms. The van der Waals surface area contributed by atoms with E-state index in [0.29, 0.717) is 37.3 Å². The molecule has 0 fully saturated rings. The number of nitrogens with two attached hydrogens (primary N) is 2. The maximum Gasteiger partial charge on any atom is 0.260 e. The van der Waals surface area contributed by atoms with E-state index in [0.717, 1.165) is 5.69 Å². The molecule has 0 radical (unpaired) electrons. The lowest BCUT2D eigenvalue weighted by molar-refractivity contribution is 0.100. The summed E-state index contributed by atoms with van der Waals surface area (Å²) in [6.45, 7) is 1.91. The summed E-state index contributed by atoms with van der Waals surface area (Å²) in [5, 5.41) is 1.23. The second-order valence-electron chi connectivity index (χ2n) is 4.61. The number of thiophene rings is 1. The predicted molar refractivity (Wildman–Crippen MR) is 90.1 cm³/mol. The van der Waals surface area contributed by atoms with Crippen LogP contribution in [-0.2, 0) is 0 Å². The van der Waals surface area contributed by atoms with E-state index in [4.69, 9.17) is 11.5 Å². The second kappa shape index (κ2) is 5.54. The summed E-state index contributed by atoms with van der Waals surface area (Å²) in [5.41, 5.74) is 14.0. The van der Waals surface area contributed by atoms with E-state index in [2.05, 4.69) is 15.0 Å². The summed E-state index contributed by atoms with van der Waals surface area (Å²) < 4.78 is 0. The Bertz CT molecular complexity index is 890. The molecule has 3 rings (SSSR count). The fourth-order valence-corrected chi connectivity index (χ4v) is 3.51. The molecule has 0 saturated heterocycles. The van der Waals surface area contributed by atoms with Crippen molar-refractivity contribution < 1.29 is 4.79 Å². The van der Waals surface area contributed by atoms with Gasteiger partial charge in [0.2, 0.25) is 0 Å². The summed E-state index contributed by atoms with van der Waals surface area (Å²) in [6, 6.07) is 5.67. The minimum absolute atomic E-state index is 0.302. The Balaban J connectivity index is 2.39. The number of anilines is 1. The third-order valence-electron chi connectivity index (χ3n) is 3.11. The van der Waals surface area contributed by atoms with Crippen LogP contribution in [0.25, 0.3) is 21.6 Å². The Morgan fingerprint density at radius 2 is 2.05 bits per heavy atom. The number of aryl methyl sites for hydroxylation is 1. The third-order valence-corrected chi connectivity index (χ3v) is 4.77. The first-order chi connectivity index (χ1) is 10.5. The normalized spacial score (nSPS) is 11.0. The number of pyridine rings is 1. The number of hydrogen-bond donors (Lipinski definition) is 2. The van der Waals surface area contributed by atoms with Gasteiger partial charge < -0.3 is 11.5 Å². The van der Waals surface area contributed by atoms with Gasteiger partial charge in [-0.3, -0.25) is 9.78 Å². The Morgan fingerprint density at radius 1 is 1.27 bits per heavy atom. The number of carbonyl (C=O) groups excluding carboxylic acids is 1. The number of fused-ring (bicyclic) bond motifs is 1. The lowest BCUT2D eigenvalue weighted by atomic mass is 10.1. The highest BCUT2D eigenvalue weighted by Crippen LogP contribution is 2.38. The maximum atomic E-state index is 11.5. The summed E-state index contributed by atoms with van der Waals surface area (Å²) in [6.07, 6.45) is 1.89. The second-order valence-corrected chi connectivity index (χ2v) is 6.38. The topological polar surface area (TPSA) is 108 Å². The van der Waals surface area contributed by atoms with Gasteiger partial charge in [0.1, 0.15) is 15.4 Å². The molecule has 6 nitrogen and oxygen atoms in total. The molecule has 0 aromatic carbocycles. The van der Waals surface area contributed by atoms with Gasteiger partial charge in [-0.2, -0.15) is 0 Å². The van der Waals surface area contributed by atoms with Crippen LogP contribution in [0.2, 0.25) is 0 Å². The Labute approximate surface area is 135 Å². The van der Waals surface area contributed by atoms with Crippen LogP contribution in [0.1, 0.15) is 15.4 Å². The van der Waals surface area contributed by atoms with Gasteiger partial charge in [-0.05, 0) is 25.3 Å². The van der Waals surface area contributed by atoms with E-state index in [1.54, 1.807) is 0 Å². The molecular weight excluding hydrogens is 318 g/mol. The molecular formula is C14H13N5OS2. The first-order valence-corrected chi connectivity index (χ1v) is 8.43. The number of nitrogens with zero attached hydrogens (tertiary/aromatic N) is 3. The number of hydrogen-bond acceptors (Lipinski definition) is 7. The summed E-state index contributed by atoms with van der Waals surface area (Å²) in [4.78, 5) is 25.9. The highest BCUT2D eigenvalue weighted by molar-refractivity contribution is 7.98. The van der Waals surface area contributed by atoms with Gasteiger partial charge in [-0.25, -0.2) is 9.97 Å². The molecule has 3 aromatic rings. The first-order valence-electron chi connectivity index (χ1n) is 6.39. The number of carbonyl (C=O) groups is 1. The molecule has 0 aliphatic heterocycles. The molecule has 22 heavy (non-hydrogen) atoms. The number of amides is 1. The molecule has 0 unspecified atom stereocenters. The standard InChI is InChI=1S/C14H13N5OS2/c1-6-4-3-5-7(17-6)10-8-9(15)11(12(16)20)22-13(8)19-14(18-10)21-2/h3-5H,15H2,1-2H3,(H2,16,20). The molecule has 4 N–H and O–H groups in total. The molecule has 3 heterocycles. The van der Waals surface area contributed by atoms with Crippen molar-refractivity contribution in [2.24, 2.45) is 5.73 Å². The fourth-order valence-electron chi connectivity index (χ4n) is 2.14. The molecule has 0 atom stereocenters. The van der Waals surface area contributed by atoms with Gasteiger partial charge >= 0.3 is 0 Å². The van der Waals surface area contributed by atoms with Gasteiger partial charge in [0.05, 0.1) is 16.8 Å². The molecule has 1 amide bonds. The summed E-state index contributed by atoms with van der Waals surface area (Å²) >= 11 is 2.60. The van der Waals surface area contributed by atoms with E-state index in [-0.39, 0.29) is 0 Å². The number of rotatable bonds is 3. The van der Waals surface area contributed by atoms with Crippen molar-refractivity contribution in [1.82, 2.24) is 15.0 Å². The SMILES string of the molecule is CSc1nc(-c2cccc(C)n2)c2c(N)c(C(N)=O)sc2n1. The molecule has 0 aliphatic carbocycles. The molecule has 112 valence electrons. The smallest absolute Gasteiger partial charge is 0.260 e. The summed E-state index contributed by atoms with van der Waals surface area (Å²) in [5.74, 6) is -0.561. The van der Waals surface area contributed by atoms with Crippen molar-refractivity contribution in [3.05, 3.63) is 28.8 Å². The van der Waals surface area contributed by atoms with Gasteiger partial charge in [0.15, 0.2) is 5.16 Å². The quantitative estimate of drug-likeness (QED) is 0.564. The van der Waals surface area contributed by atoms with Crippen LogP contribution in [0, 0.1) is 6.92 Å². The lowest BCUT2D eigenvalue weighted by Crippen LogP contribution is -2.10. The zero-order valence-electron chi connectivity index (χ0n) is 12.0. The van der Waals surface area contributed by atoms with Crippen LogP contribution in [0.5, 0.6) is 0 Å². The van der Waals surface area contributed by atoms with Crippen molar-refractivity contribution in [2.45, 2.75) is 12.1 Å².